The maximum Gasteiger partial charge on any atom is 0.409 e. The smallest absolute Gasteiger partial charge is 0.324 e. The first kappa shape index (κ1) is 20.4. The second-order valence-electron chi connectivity index (χ2n) is 6.32. The van der Waals surface area contributed by atoms with E-state index >= 15 is 0 Å². The first-order valence-corrected chi connectivity index (χ1v) is 10.6. The summed E-state index contributed by atoms with van der Waals surface area (Å²) in [6.07, 6.45) is -5.65. The molecule has 3 heterocycles. The number of nitrogens with one attached hydrogen (secondary N) is 2. The summed E-state index contributed by atoms with van der Waals surface area (Å²) in [4.78, 5) is 30.6. The number of carbonyl (C=O) groups is 2. The standard InChI is InChI=1S/C18H14F3N5O2S2/c19-18(20,21)13-8-14(27)22-10-4-1-2-5-11(10)26(13)15(28)9-30-17-23-16(24-25-17)12-6-3-7-29-12/h1-7,13H,8-9H2,(H,22,27)(H,23,24,25). The van der Waals surface area contributed by atoms with E-state index in [-0.39, 0.29) is 22.3 Å². The fraction of sp³-hybridized carbons (Fsp3) is 0.222. The number of thiophene rings is 1. The SMILES string of the molecule is O=C1CC(C(F)(F)F)N(C(=O)CSc2n[nH]c(-c3cccs3)n2)c2ccccc2N1. The molecule has 0 saturated carbocycles. The Morgan fingerprint density at radius 1 is 1.27 bits per heavy atom. The first-order valence-electron chi connectivity index (χ1n) is 8.69. The molecule has 1 aromatic carbocycles. The van der Waals surface area contributed by atoms with E-state index in [2.05, 4.69) is 20.5 Å². The lowest BCUT2D eigenvalue weighted by atomic mass is 10.1. The van der Waals surface area contributed by atoms with Gasteiger partial charge >= 0.3 is 6.18 Å². The third-order valence-electron chi connectivity index (χ3n) is 4.32. The topological polar surface area (TPSA) is 91.0 Å². The van der Waals surface area contributed by atoms with Crippen LogP contribution in [0.4, 0.5) is 24.5 Å². The molecule has 4 rings (SSSR count). The molecule has 0 fully saturated rings. The van der Waals surface area contributed by atoms with Crippen LogP contribution in [0.1, 0.15) is 6.42 Å². The highest BCUT2D eigenvalue weighted by molar-refractivity contribution is 7.99. The van der Waals surface area contributed by atoms with E-state index in [1.54, 1.807) is 6.07 Å². The number of benzene rings is 1. The predicted octanol–water partition coefficient (Wildman–Crippen LogP) is 3.93. The van der Waals surface area contributed by atoms with E-state index in [4.69, 9.17) is 0 Å². The Morgan fingerprint density at radius 3 is 2.80 bits per heavy atom. The summed E-state index contributed by atoms with van der Waals surface area (Å²) in [5.41, 5.74) is 0.163. The van der Waals surface area contributed by atoms with Crippen LogP contribution in [-0.2, 0) is 9.59 Å². The van der Waals surface area contributed by atoms with E-state index in [0.29, 0.717) is 10.7 Å². The quantitative estimate of drug-likeness (QED) is 0.584. The molecule has 3 aromatic rings. The molecular weight excluding hydrogens is 439 g/mol. The summed E-state index contributed by atoms with van der Waals surface area (Å²) >= 11 is 2.37. The van der Waals surface area contributed by atoms with Gasteiger partial charge in [-0.15, -0.1) is 16.4 Å². The Morgan fingerprint density at radius 2 is 2.07 bits per heavy atom. The zero-order chi connectivity index (χ0) is 21.3. The Labute approximate surface area is 176 Å². The molecule has 30 heavy (non-hydrogen) atoms. The van der Waals surface area contributed by atoms with Crippen molar-refractivity contribution in [2.45, 2.75) is 23.8 Å². The Hall–Kier alpha value is -2.86. The van der Waals surface area contributed by atoms with Crippen LogP contribution in [0, 0.1) is 0 Å². The number of nitrogens with zero attached hydrogens (tertiary/aromatic N) is 3. The van der Waals surface area contributed by atoms with E-state index in [1.165, 1.54) is 29.5 Å². The van der Waals surface area contributed by atoms with Crippen LogP contribution in [-0.4, -0.2) is 45.0 Å². The van der Waals surface area contributed by atoms with Gasteiger partial charge in [0, 0.05) is 0 Å². The number of alkyl halides is 3. The second-order valence-corrected chi connectivity index (χ2v) is 8.21. The average molecular weight is 453 g/mol. The normalized spacial score (nSPS) is 16.7. The molecule has 0 radical (unpaired) electrons. The molecule has 1 aliphatic heterocycles. The van der Waals surface area contributed by atoms with Crippen LogP contribution < -0.4 is 10.2 Å². The molecule has 2 amide bonds. The van der Waals surface area contributed by atoms with Gasteiger partial charge in [-0.05, 0) is 23.6 Å². The van der Waals surface area contributed by atoms with E-state index in [9.17, 15) is 22.8 Å². The molecular formula is C18H14F3N5O2S2. The summed E-state index contributed by atoms with van der Waals surface area (Å²) in [5, 5.41) is 11.3. The number of thioether (sulfide) groups is 1. The highest BCUT2D eigenvalue weighted by Crippen LogP contribution is 2.38. The van der Waals surface area contributed by atoms with E-state index < -0.39 is 30.5 Å². The number of amides is 2. The highest BCUT2D eigenvalue weighted by atomic mass is 32.2. The van der Waals surface area contributed by atoms with E-state index in [1.807, 2.05) is 17.5 Å². The van der Waals surface area contributed by atoms with Crippen LogP contribution in [0.2, 0.25) is 0 Å². The van der Waals surface area contributed by atoms with Crippen molar-refractivity contribution in [3.05, 3.63) is 41.8 Å². The molecule has 0 bridgehead atoms. The molecule has 1 unspecified atom stereocenters. The van der Waals surface area contributed by atoms with Crippen molar-refractivity contribution in [1.82, 2.24) is 15.2 Å². The Balaban J connectivity index is 1.58. The number of fused-ring (bicyclic) bond motifs is 1. The summed E-state index contributed by atoms with van der Waals surface area (Å²) in [5.74, 6) is -1.41. The minimum Gasteiger partial charge on any atom is -0.324 e. The van der Waals surface area contributed by atoms with E-state index in [0.717, 1.165) is 16.6 Å². The largest absolute Gasteiger partial charge is 0.409 e. The lowest BCUT2D eigenvalue weighted by Gasteiger charge is -2.31. The third-order valence-corrected chi connectivity index (χ3v) is 6.03. The van der Waals surface area contributed by atoms with Crippen LogP contribution in [0.25, 0.3) is 10.7 Å². The number of aromatic amines is 1. The van der Waals surface area contributed by atoms with Gasteiger partial charge in [0.15, 0.2) is 5.82 Å². The zero-order valence-electron chi connectivity index (χ0n) is 15.1. The fourth-order valence-corrected chi connectivity index (χ4v) is 4.35. The minimum absolute atomic E-state index is 0.00513. The Kier molecular flexibility index (Phi) is 5.52. The molecule has 12 heteroatoms. The number of hydrogen-bond donors (Lipinski definition) is 2. The van der Waals surface area contributed by atoms with Crippen molar-refractivity contribution >= 4 is 46.3 Å². The molecule has 1 aliphatic rings. The maximum absolute atomic E-state index is 13.7. The van der Waals surface area contributed by atoms with Gasteiger partial charge in [0.05, 0.1) is 28.4 Å². The molecule has 0 saturated heterocycles. The molecule has 2 N–H and O–H groups in total. The molecule has 7 nitrogen and oxygen atoms in total. The van der Waals surface area contributed by atoms with Crippen molar-refractivity contribution in [3.8, 4) is 10.7 Å². The third kappa shape index (κ3) is 4.19. The number of hydrogen-bond acceptors (Lipinski definition) is 6. The van der Waals surface area contributed by atoms with Gasteiger partial charge in [0.1, 0.15) is 6.04 Å². The number of anilines is 2. The van der Waals surface area contributed by atoms with Gasteiger partial charge in [-0.1, -0.05) is 30.0 Å². The van der Waals surface area contributed by atoms with Gasteiger partial charge in [-0.3, -0.25) is 19.6 Å². The van der Waals surface area contributed by atoms with Crippen molar-refractivity contribution in [2.24, 2.45) is 0 Å². The van der Waals surface area contributed by atoms with Gasteiger partial charge in [-0.2, -0.15) is 13.2 Å². The van der Waals surface area contributed by atoms with Gasteiger partial charge in [0.2, 0.25) is 17.0 Å². The van der Waals surface area contributed by atoms with Crippen LogP contribution >= 0.6 is 23.1 Å². The number of H-pyrrole nitrogens is 1. The summed E-state index contributed by atoms with van der Waals surface area (Å²) in [7, 11) is 0. The Bertz CT molecular complexity index is 1070. The summed E-state index contributed by atoms with van der Waals surface area (Å²) in [6, 6.07) is 7.36. The van der Waals surface area contributed by atoms with Gasteiger partial charge < -0.3 is 5.32 Å². The zero-order valence-corrected chi connectivity index (χ0v) is 16.8. The maximum atomic E-state index is 13.7. The lowest BCUT2D eigenvalue weighted by molar-refractivity contribution is -0.157. The number of carbonyl (C=O) groups excluding carboxylic acids is 2. The van der Waals surface area contributed by atoms with Crippen LogP contribution in [0.3, 0.4) is 0 Å². The summed E-state index contributed by atoms with van der Waals surface area (Å²) < 4.78 is 41.1. The number of para-hydroxylation sites is 2. The monoisotopic (exact) mass is 453 g/mol. The average Bonchev–Trinajstić information content (AvgIpc) is 3.35. The first-order chi connectivity index (χ1) is 14.3. The van der Waals surface area contributed by atoms with Crippen molar-refractivity contribution in [1.29, 1.82) is 0 Å². The van der Waals surface area contributed by atoms with Crippen LogP contribution in [0.15, 0.2) is 46.9 Å². The molecule has 156 valence electrons. The molecule has 2 aromatic heterocycles. The van der Waals surface area contributed by atoms with Gasteiger partial charge in [-0.25, -0.2) is 4.98 Å². The molecule has 0 aliphatic carbocycles. The second kappa shape index (κ2) is 8.11. The molecule has 1 atom stereocenters. The van der Waals surface area contributed by atoms with Gasteiger partial charge in [0.25, 0.3) is 0 Å². The number of halogens is 3. The van der Waals surface area contributed by atoms with Crippen molar-refractivity contribution in [2.75, 3.05) is 16.0 Å². The predicted molar refractivity (Wildman–Crippen MR) is 107 cm³/mol. The summed E-state index contributed by atoms with van der Waals surface area (Å²) in [6.45, 7) is 0. The minimum atomic E-state index is -4.77. The molecule has 0 spiro atoms. The number of rotatable bonds is 4. The van der Waals surface area contributed by atoms with Crippen LogP contribution in [0.5, 0.6) is 0 Å². The lowest BCUT2D eigenvalue weighted by Crippen LogP contribution is -2.50. The fourth-order valence-electron chi connectivity index (χ4n) is 3.03. The number of aromatic nitrogens is 3. The van der Waals surface area contributed by atoms with Crippen molar-refractivity contribution in [3.63, 3.8) is 0 Å². The highest BCUT2D eigenvalue weighted by Gasteiger charge is 2.48. The van der Waals surface area contributed by atoms with Crippen molar-refractivity contribution < 1.29 is 22.8 Å².